The Morgan fingerprint density at radius 2 is 1.62 bits per heavy atom. The van der Waals surface area contributed by atoms with Crippen molar-refractivity contribution in [3.05, 3.63) is 0 Å². The van der Waals surface area contributed by atoms with Crippen molar-refractivity contribution in [3.63, 3.8) is 0 Å². The largest absolute Gasteiger partial charge is 0.481 e. The van der Waals surface area contributed by atoms with Crippen molar-refractivity contribution in [3.8, 4) is 0 Å². The summed E-state index contributed by atoms with van der Waals surface area (Å²) >= 11 is 0. The fourth-order valence-electron chi connectivity index (χ4n) is 2.36. The van der Waals surface area contributed by atoms with Gasteiger partial charge in [-0.15, -0.1) is 0 Å². The van der Waals surface area contributed by atoms with E-state index in [0.717, 1.165) is 0 Å². The topological polar surface area (TPSA) is 273 Å². The zero-order valence-corrected chi connectivity index (χ0v) is 17.6. The molecular weight excluding hydrogens is 430 g/mol. The van der Waals surface area contributed by atoms with Crippen LogP contribution in [0.2, 0.25) is 0 Å². The minimum Gasteiger partial charge on any atom is -0.481 e. The van der Waals surface area contributed by atoms with Crippen LogP contribution in [0.5, 0.6) is 0 Å². The number of hydrogen-bond acceptors (Lipinski definition) is 8. The predicted molar refractivity (Wildman–Crippen MR) is 111 cm³/mol. The van der Waals surface area contributed by atoms with Crippen molar-refractivity contribution in [2.45, 2.75) is 56.8 Å². The summed E-state index contributed by atoms with van der Waals surface area (Å²) in [6.07, 6.45) is -1.53. The zero-order valence-electron chi connectivity index (χ0n) is 17.6. The molecule has 182 valence electrons. The number of nitrogens with two attached hydrogens (primary N) is 3. The molecule has 0 spiro atoms. The Hall–Kier alpha value is -3.46. The van der Waals surface area contributed by atoms with Crippen LogP contribution < -0.4 is 33.2 Å². The van der Waals surface area contributed by atoms with Gasteiger partial charge in [-0.1, -0.05) is 0 Å². The van der Waals surface area contributed by atoms with E-state index in [0.29, 0.717) is 0 Å². The van der Waals surface area contributed by atoms with Crippen molar-refractivity contribution in [1.29, 1.82) is 0 Å². The van der Waals surface area contributed by atoms with E-state index >= 15 is 0 Å². The van der Waals surface area contributed by atoms with Crippen molar-refractivity contribution >= 4 is 35.6 Å². The van der Waals surface area contributed by atoms with Crippen molar-refractivity contribution < 1.29 is 39.3 Å². The molecule has 4 atom stereocenters. The number of carbonyl (C=O) groups excluding carboxylic acids is 3. The van der Waals surface area contributed by atoms with E-state index < -0.39 is 60.4 Å². The van der Waals surface area contributed by atoms with Gasteiger partial charge in [0.25, 0.3) is 0 Å². The maximum absolute atomic E-state index is 12.5. The number of carboxylic acids is 2. The van der Waals surface area contributed by atoms with Gasteiger partial charge in [-0.05, 0) is 26.2 Å². The Kier molecular flexibility index (Phi) is 13.0. The van der Waals surface area contributed by atoms with E-state index in [1.807, 2.05) is 5.32 Å². The maximum Gasteiger partial charge on any atom is 0.328 e. The second-order valence-corrected chi connectivity index (χ2v) is 6.89. The summed E-state index contributed by atoms with van der Waals surface area (Å²) in [7, 11) is 0. The standard InChI is InChI=1S/C17H31N7O8/c1-8(25)13(16(31)32)24-11(26)7-22-15(30)10(3-2-6-21-17(19)20)23-14(29)9(18)4-5-12(27)28/h8-10,13,25H,2-7,18H2,1H3,(H,22,30)(H,23,29)(H,24,26)(H,27,28)(H,31,32)(H4,19,20,21). The first-order valence-corrected chi connectivity index (χ1v) is 9.66. The average Bonchev–Trinajstić information content (AvgIpc) is 2.69. The van der Waals surface area contributed by atoms with Gasteiger partial charge in [-0.2, -0.15) is 0 Å². The van der Waals surface area contributed by atoms with E-state index in [9.17, 15) is 29.1 Å². The Morgan fingerprint density at radius 3 is 2.12 bits per heavy atom. The number of carboxylic acid groups (broad SMARTS) is 2. The van der Waals surface area contributed by atoms with E-state index in [2.05, 4.69) is 15.6 Å². The Bertz CT molecular complexity index is 709. The van der Waals surface area contributed by atoms with Crippen LogP contribution >= 0.6 is 0 Å². The monoisotopic (exact) mass is 461 g/mol. The first-order valence-electron chi connectivity index (χ1n) is 9.66. The summed E-state index contributed by atoms with van der Waals surface area (Å²) in [5.41, 5.74) is 16.1. The van der Waals surface area contributed by atoms with Crippen molar-refractivity contribution in [2.24, 2.45) is 22.2 Å². The number of carbonyl (C=O) groups is 5. The maximum atomic E-state index is 12.5. The van der Waals surface area contributed by atoms with Gasteiger partial charge in [-0.25, -0.2) is 4.79 Å². The molecule has 0 aliphatic heterocycles. The van der Waals surface area contributed by atoms with Crippen LogP contribution in [0, 0.1) is 0 Å². The first kappa shape index (κ1) is 28.5. The van der Waals surface area contributed by atoms with E-state index in [1.165, 1.54) is 6.92 Å². The second kappa shape index (κ2) is 14.5. The minimum atomic E-state index is -1.57. The number of nitrogens with zero attached hydrogens (tertiary/aromatic N) is 1. The van der Waals surface area contributed by atoms with Crippen LogP contribution in [0.15, 0.2) is 4.99 Å². The molecule has 0 aromatic heterocycles. The highest BCUT2D eigenvalue weighted by Crippen LogP contribution is 2.02. The number of nitrogens with one attached hydrogen (secondary N) is 3. The van der Waals surface area contributed by atoms with Gasteiger partial charge in [0.05, 0.1) is 18.7 Å². The second-order valence-electron chi connectivity index (χ2n) is 6.89. The molecular formula is C17H31N7O8. The van der Waals surface area contributed by atoms with Crippen molar-refractivity contribution in [2.75, 3.05) is 13.1 Å². The lowest BCUT2D eigenvalue weighted by Crippen LogP contribution is -2.54. The molecule has 0 aromatic carbocycles. The summed E-state index contributed by atoms with van der Waals surface area (Å²) < 4.78 is 0. The van der Waals surface area contributed by atoms with E-state index in [4.69, 9.17) is 27.4 Å². The third-order valence-corrected chi connectivity index (χ3v) is 4.07. The number of rotatable bonds is 15. The number of aliphatic hydroxyl groups excluding tert-OH is 1. The number of aliphatic hydroxyl groups is 1. The number of hydrogen-bond donors (Lipinski definition) is 9. The molecule has 0 rings (SSSR count). The molecule has 15 heteroatoms. The number of aliphatic carboxylic acids is 2. The predicted octanol–water partition coefficient (Wildman–Crippen LogP) is -4.22. The summed E-state index contributed by atoms with van der Waals surface area (Å²) in [5.74, 6) is -5.17. The van der Waals surface area contributed by atoms with Gasteiger partial charge in [-0.3, -0.25) is 24.2 Å². The van der Waals surface area contributed by atoms with Crippen LogP contribution in [-0.4, -0.2) is 88.3 Å². The third-order valence-electron chi connectivity index (χ3n) is 4.07. The van der Waals surface area contributed by atoms with Gasteiger partial charge >= 0.3 is 11.9 Å². The molecule has 0 saturated heterocycles. The molecule has 0 aromatic rings. The molecule has 0 aliphatic carbocycles. The summed E-state index contributed by atoms with van der Waals surface area (Å²) in [4.78, 5) is 61.9. The molecule has 4 unspecified atom stereocenters. The molecule has 12 N–H and O–H groups in total. The van der Waals surface area contributed by atoms with Gasteiger partial charge < -0.3 is 48.5 Å². The highest BCUT2D eigenvalue weighted by atomic mass is 16.4. The summed E-state index contributed by atoms with van der Waals surface area (Å²) in [5, 5.41) is 33.7. The summed E-state index contributed by atoms with van der Waals surface area (Å²) in [6.45, 7) is 0.705. The number of aliphatic imine (C=N–C) groups is 1. The molecule has 3 amide bonds. The van der Waals surface area contributed by atoms with Crippen LogP contribution in [0.4, 0.5) is 0 Å². The van der Waals surface area contributed by atoms with Crippen LogP contribution in [0.1, 0.15) is 32.6 Å². The molecule has 0 heterocycles. The molecule has 32 heavy (non-hydrogen) atoms. The van der Waals surface area contributed by atoms with Crippen LogP contribution in [0.3, 0.4) is 0 Å². The lowest BCUT2D eigenvalue weighted by atomic mass is 10.1. The molecule has 0 fully saturated rings. The highest BCUT2D eigenvalue weighted by molar-refractivity contribution is 5.92. The van der Waals surface area contributed by atoms with E-state index in [1.54, 1.807) is 0 Å². The third kappa shape index (κ3) is 12.3. The average molecular weight is 461 g/mol. The van der Waals surface area contributed by atoms with Gasteiger partial charge in [0.2, 0.25) is 17.7 Å². The Balaban J connectivity index is 4.99. The quantitative estimate of drug-likeness (QED) is 0.0640. The van der Waals surface area contributed by atoms with Gasteiger partial charge in [0.15, 0.2) is 12.0 Å². The normalized spacial score (nSPS) is 14.2. The molecule has 15 nitrogen and oxygen atoms in total. The highest BCUT2D eigenvalue weighted by Gasteiger charge is 2.27. The number of amides is 3. The van der Waals surface area contributed by atoms with Gasteiger partial charge in [0, 0.05) is 13.0 Å². The van der Waals surface area contributed by atoms with Crippen LogP contribution in [-0.2, 0) is 24.0 Å². The van der Waals surface area contributed by atoms with Crippen molar-refractivity contribution in [1.82, 2.24) is 16.0 Å². The SMILES string of the molecule is CC(O)C(NC(=O)CNC(=O)C(CCCN=C(N)N)NC(=O)C(N)CCC(=O)O)C(=O)O. The fourth-order valence-corrected chi connectivity index (χ4v) is 2.36. The lowest BCUT2D eigenvalue weighted by Gasteiger charge is -2.21. The molecule has 0 saturated carbocycles. The fraction of sp³-hybridized carbons (Fsp3) is 0.647. The Labute approximate surface area is 183 Å². The molecule has 0 aliphatic rings. The van der Waals surface area contributed by atoms with Gasteiger partial charge in [0.1, 0.15) is 6.04 Å². The summed E-state index contributed by atoms with van der Waals surface area (Å²) in [6, 6.07) is -3.89. The molecule has 0 bridgehead atoms. The van der Waals surface area contributed by atoms with Crippen LogP contribution in [0.25, 0.3) is 0 Å². The smallest absolute Gasteiger partial charge is 0.328 e. The first-order chi connectivity index (χ1) is 14.8. The molecule has 0 radical (unpaired) electrons. The lowest BCUT2D eigenvalue weighted by molar-refractivity contribution is -0.144. The van der Waals surface area contributed by atoms with E-state index in [-0.39, 0.29) is 38.2 Å². The Morgan fingerprint density at radius 1 is 1.00 bits per heavy atom. The minimum absolute atomic E-state index is 0.0625. The number of guanidine groups is 1. The zero-order chi connectivity index (χ0) is 24.8.